The fourth-order valence-electron chi connectivity index (χ4n) is 5.36. The molecule has 0 saturated heterocycles. The van der Waals surface area contributed by atoms with Crippen LogP contribution < -0.4 is 20.7 Å². The van der Waals surface area contributed by atoms with E-state index in [1.807, 2.05) is 13.8 Å². The lowest BCUT2D eigenvalue weighted by Crippen LogP contribution is -2.43. The molecular formula is C45H54N4O11S. The van der Waals surface area contributed by atoms with Crippen LogP contribution in [0.15, 0.2) is 77.1 Å². The molecule has 15 nitrogen and oxygen atoms in total. The molecule has 3 aromatic carbocycles. The summed E-state index contributed by atoms with van der Waals surface area (Å²) in [4.78, 5) is 81.1. The lowest BCUT2D eigenvalue weighted by Gasteiger charge is -2.21. The summed E-state index contributed by atoms with van der Waals surface area (Å²) in [6, 6.07) is 16.6. The molecule has 0 saturated carbocycles. The van der Waals surface area contributed by atoms with Gasteiger partial charge in [0, 0.05) is 27.6 Å². The van der Waals surface area contributed by atoms with Gasteiger partial charge >= 0.3 is 30.1 Å². The van der Waals surface area contributed by atoms with Crippen molar-refractivity contribution in [2.24, 2.45) is 4.99 Å². The monoisotopic (exact) mass is 858 g/mol. The Morgan fingerprint density at radius 2 is 1.34 bits per heavy atom. The van der Waals surface area contributed by atoms with E-state index in [9.17, 15) is 28.8 Å². The van der Waals surface area contributed by atoms with E-state index in [-0.39, 0.29) is 30.3 Å². The first-order chi connectivity index (χ1) is 28.8. The number of rotatable bonds is 15. The maximum absolute atomic E-state index is 13.7. The van der Waals surface area contributed by atoms with Crippen molar-refractivity contribution < 1.29 is 52.5 Å². The van der Waals surface area contributed by atoms with E-state index in [2.05, 4.69) is 20.9 Å². The van der Waals surface area contributed by atoms with Crippen molar-refractivity contribution in [3.05, 3.63) is 94.4 Å². The molecular weight excluding hydrogens is 805 g/mol. The molecule has 0 aliphatic heterocycles. The highest BCUT2D eigenvalue weighted by molar-refractivity contribution is 7.17. The number of alkyl carbamates (subject to hydrolysis) is 1. The van der Waals surface area contributed by atoms with Gasteiger partial charge in [0.2, 0.25) is 5.96 Å². The number of nitrogens with one attached hydrogen (secondary N) is 3. The van der Waals surface area contributed by atoms with Crippen LogP contribution in [0.5, 0.6) is 5.75 Å². The molecule has 0 unspecified atom stereocenters. The van der Waals surface area contributed by atoms with E-state index in [0.29, 0.717) is 45.5 Å². The average molecular weight is 859 g/mol. The summed E-state index contributed by atoms with van der Waals surface area (Å²) < 4.78 is 27.6. The lowest BCUT2D eigenvalue weighted by molar-refractivity contribution is -0.146. The molecule has 0 radical (unpaired) electrons. The number of unbranched alkanes of at least 4 members (excludes halogenated alkanes) is 2. The Bertz CT molecular complexity index is 2200. The maximum Gasteiger partial charge on any atom is 0.437 e. The van der Waals surface area contributed by atoms with E-state index >= 15 is 0 Å². The zero-order valence-corrected chi connectivity index (χ0v) is 36.6. The third-order valence-corrected chi connectivity index (χ3v) is 9.24. The highest BCUT2D eigenvalue weighted by Crippen LogP contribution is 2.30. The second-order valence-corrected chi connectivity index (χ2v) is 16.8. The van der Waals surface area contributed by atoms with Crippen LogP contribution in [0.3, 0.4) is 0 Å². The Kier molecular flexibility index (Phi) is 16.9. The van der Waals surface area contributed by atoms with Gasteiger partial charge in [-0.25, -0.2) is 24.0 Å². The molecule has 0 aliphatic carbocycles. The minimum atomic E-state index is -1.01. The third kappa shape index (κ3) is 15.7. The number of anilines is 1. The molecule has 1 atom stereocenters. The molecule has 61 heavy (non-hydrogen) atoms. The topological polar surface area (TPSA) is 197 Å². The van der Waals surface area contributed by atoms with Crippen LogP contribution in [-0.2, 0) is 30.2 Å². The Morgan fingerprint density at radius 3 is 1.97 bits per heavy atom. The van der Waals surface area contributed by atoms with E-state index in [1.165, 1.54) is 35.6 Å². The predicted octanol–water partition coefficient (Wildman–Crippen LogP) is 8.99. The number of thiophene rings is 1. The molecule has 1 heterocycles. The van der Waals surface area contributed by atoms with Crippen molar-refractivity contribution in [1.29, 1.82) is 0 Å². The van der Waals surface area contributed by atoms with Crippen LogP contribution in [0.2, 0.25) is 0 Å². The number of nitrogens with zero attached hydrogens (tertiary/aromatic N) is 1. The second kappa shape index (κ2) is 21.8. The molecule has 16 heteroatoms. The summed E-state index contributed by atoms with van der Waals surface area (Å²) in [5, 5.41) is 10.3. The molecule has 0 aliphatic rings. The fraction of sp³-hybridized carbons (Fsp3) is 0.400. The highest BCUT2D eigenvalue weighted by Gasteiger charge is 2.26. The molecule has 4 rings (SSSR count). The first-order valence-corrected chi connectivity index (χ1v) is 20.9. The summed E-state index contributed by atoms with van der Waals surface area (Å²) in [5.74, 6) is -2.18. The van der Waals surface area contributed by atoms with Crippen molar-refractivity contribution in [2.45, 2.75) is 105 Å². The summed E-state index contributed by atoms with van der Waals surface area (Å²) in [5.41, 5.74) is 0.348. The van der Waals surface area contributed by atoms with Crippen LogP contribution in [0.4, 0.5) is 15.3 Å². The number of fused-ring (bicyclic) bond motifs is 1. The number of hydrogen-bond acceptors (Lipinski definition) is 12. The number of ether oxygens (including phenoxy) is 5. The zero-order chi connectivity index (χ0) is 44.7. The summed E-state index contributed by atoms with van der Waals surface area (Å²) in [6.07, 6.45) is 1.50. The number of carbonyl (C=O) groups is 6. The smallest absolute Gasteiger partial charge is 0.437 e. The number of amides is 3. The molecule has 3 N–H and O–H groups in total. The van der Waals surface area contributed by atoms with E-state index < -0.39 is 53.2 Å². The van der Waals surface area contributed by atoms with Gasteiger partial charge in [-0.15, -0.1) is 16.3 Å². The Morgan fingerprint density at radius 1 is 0.738 bits per heavy atom. The van der Waals surface area contributed by atoms with Gasteiger partial charge in [-0.3, -0.25) is 10.1 Å². The standard InChI is InChI=1S/C45H54N4O11S/c1-9-11-23-56-38(51)29-15-13-28(14-16-29)25-35(40(53)57-24-12-10-2)47-37(50)34-27-61-36-26-32(21-22-33(34)36)58-39(52)30-17-19-31(20-18-30)46-41(48-42(54)59-44(3,4)5)49-43(55)60-45(6,7)8/h13-22,26-27,35H,9-12,23-25H2,1-8H3,(H,47,50)(H2,46,48,49,54,55)/t35-/m0/s1. The Hall–Kier alpha value is -6.29. The van der Waals surface area contributed by atoms with Crippen LogP contribution in [0.25, 0.3) is 10.1 Å². The fourth-order valence-corrected chi connectivity index (χ4v) is 6.32. The largest absolute Gasteiger partial charge is 0.464 e. The minimum Gasteiger partial charge on any atom is -0.464 e. The first kappa shape index (κ1) is 47.4. The quantitative estimate of drug-likeness (QED) is 0.0257. The summed E-state index contributed by atoms with van der Waals surface area (Å²) >= 11 is 1.26. The molecule has 0 spiro atoms. The van der Waals surface area contributed by atoms with Crippen molar-refractivity contribution in [2.75, 3.05) is 18.5 Å². The molecule has 4 aromatic rings. The van der Waals surface area contributed by atoms with Crippen molar-refractivity contribution in [3.63, 3.8) is 0 Å². The van der Waals surface area contributed by atoms with E-state index in [1.54, 1.807) is 89.4 Å². The number of esters is 3. The third-order valence-electron chi connectivity index (χ3n) is 8.29. The maximum atomic E-state index is 13.7. The van der Waals surface area contributed by atoms with Gasteiger partial charge in [0.25, 0.3) is 5.91 Å². The zero-order valence-electron chi connectivity index (χ0n) is 35.8. The number of aliphatic imine (C=N–C) groups is 1. The van der Waals surface area contributed by atoms with E-state index in [4.69, 9.17) is 23.7 Å². The SMILES string of the molecule is CCCCOC(=O)c1ccc(C[C@H](NC(=O)c2csc3cc(OC(=O)c4ccc(N/C(=N/C(=O)OC(C)(C)C)NC(=O)OC(C)(C)C)cc4)ccc23)C(=O)OCCCC)cc1. The van der Waals surface area contributed by atoms with E-state index in [0.717, 1.165) is 19.3 Å². The van der Waals surface area contributed by atoms with Crippen LogP contribution >= 0.6 is 11.3 Å². The molecule has 0 bridgehead atoms. The molecule has 3 amide bonds. The second-order valence-electron chi connectivity index (χ2n) is 15.9. The van der Waals surface area contributed by atoms with Gasteiger partial charge in [0.1, 0.15) is 23.0 Å². The van der Waals surface area contributed by atoms with Gasteiger partial charge in [-0.2, -0.15) is 0 Å². The normalized spacial score (nSPS) is 12.2. The summed E-state index contributed by atoms with van der Waals surface area (Å²) in [7, 11) is 0. The summed E-state index contributed by atoms with van der Waals surface area (Å²) in [6.45, 7) is 14.6. The molecule has 1 aromatic heterocycles. The van der Waals surface area contributed by atoms with Crippen LogP contribution in [0, 0.1) is 0 Å². The van der Waals surface area contributed by atoms with Crippen molar-refractivity contribution in [1.82, 2.24) is 10.6 Å². The number of benzene rings is 3. The van der Waals surface area contributed by atoms with Gasteiger partial charge < -0.3 is 34.3 Å². The number of hydrogen-bond donors (Lipinski definition) is 3. The van der Waals surface area contributed by atoms with Gasteiger partial charge in [0.05, 0.1) is 29.9 Å². The lowest BCUT2D eigenvalue weighted by atomic mass is 10.0. The molecule has 0 fully saturated rings. The van der Waals surface area contributed by atoms with Gasteiger partial charge in [0.15, 0.2) is 0 Å². The van der Waals surface area contributed by atoms with Gasteiger partial charge in [-0.05, 0) is 115 Å². The van der Waals surface area contributed by atoms with Crippen molar-refractivity contribution in [3.8, 4) is 5.75 Å². The number of carbonyl (C=O) groups excluding carboxylic acids is 6. The van der Waals surface area contributed by atoms with Crippen molar-refractivity contribution >= 4 is 69.1 Å². The molecule has 326 valence electrons. The minimum absolute atomic E-state index is 0.130. The Balaban J connectivity index is 1.43. The highest BCUT2D eigenvalue weighted by atomic mass is 32.1. The van der Waals surface area contributed by atoms with Crippen LogP contribution in [-0.4, -0.2) is 72.4 Å². The number of guanidine groups is 1. The Labute approximate surface area is 359 Å². The van der Waals surface area contributed by atoms with Crippen LogP contribution in [0.1, 0.15) is 118 Å². The first-order valence-electron chi connectivity index (χ1n) is 20.0. The predicted molar refractivity (Wildman–Crippen MR) is 232 cm³/mol. The van der Waals surface area contributed by atoms with Gasteiger partial charge in [-0.1, -0.05) is 38.8 Å². The average Bonchev–Trinajstić information content (AvgIpc) is 3.60.